The summed E-state index contributed by atoms with van der Waals surface area (Å²) in [4.78, 5) is 10.8. The van der Waals surface area contributed by atoms with Gasteiger partial charge in [-0.15, -0.1) is 0 Å². The zero-order valence-corrected chi connectivity index (χ0v) is 10.5. The third kappa shape index (κ3) is 2.66. The summed E-state index contributed by atoms with van der Waals surface area (Å²) in [6, 6.07) is 6.61. The second kappa shape index (κ2) is 5.36. The molecule has 0 heterocycles. The van der Waals surface area contributed by atoms with Gasteiger partial charge in [-0.2, -0.15) is 0 Å². The molecule has 2 aromatic carbocycles. The molecule has 2 rings (SSSR count). The fourth-order valence-electron chi connectivity index (χ4n) is 1.87. The van der Waals surface area contributed by atoms with Gasteiger partial charge in [-0.05, 0) is 30.7 Å². The van der Waals surface area contributed by atoms with Crippen molar-refractivity contribution in [2.24, 2.45) is 0 Å². The van der Waals surface area contributed by atoms with Crippen LogP contribution in [0.25, 0.3) is 11.1 Å². The van der Waals surface area contributed by atoms with Gasteiger partial charge in [0, 0.05) is 17.2 Å². The Bertz CT molecular complexity index is 668. The lowest BCUT2D eigenvalue weighted by atomic mass is 9.97. The summed E-state index contributed by atoms with van der Waals surface area (Å²) in [6.45, 7) is 1.43. The first-order valence-corrected chi connectivity index (χ1v) is 5.88. The van der Waals surface area contributed by atoms with Crippen LogP contribution in [0.3, 0.4) is 0 Å². The number of hydrogen-bond donors (Lipinski definition) is 1. The monoisotopic (exact) mass is 280 g/mol. The normalized spacial score (nSPS) is 12.2. The van der Waals surface area contributed by atoms with E-state index >= 15 is 0 Å². The minimum absolute atomic E-state index is 0.0381. The predicted octanol–water partition coefficient (Wildman–Crippen LogP) is 3.96. The second-order valence-corrected chi connectivity index (χ2v) is 4.42. The average molecular weight is 280 g/mol. The molecule has 0 amide bonds. The quantitative estimate of drug-likeness (QED) is 0.924. The molecule has 0 saturated heterocycles. The molecular formula is C15H11F3O2. The molecule has 2 aromatic rings. The zero-order valence-electron chi connectivity index (χ0n) is 10.5. The van der Waals surface area contributed by atoms with Crippen molar-refractivity contribution in [2.75, 3.05) is 0 Å². The molecular weight excluding hydrogens is 269 g/mol. The largest absolute Gasteiger partial charge is 0.481 e. The van der Waals surface area contributed by atoms with E-state index < -0.39 is 29.3 Å². The van der Waals surface area contributed by atoms with Crippen LogP contribution in [0, 0.1) is 17.5 Å². The minimum atomic E-state index is -1.08. The number of benzene rings is 2. The Morgan fingerprint density at radius 2 is 1.55 bits per heavy atom. The maximum absolute atomic E-state index is 14.0. The van der Waals surface area contributed by atoms with E-state index in [4.69, 9.17) is 5.11 Å². The molecule has 0 aliphatic rings. The van der Waals surface area contributed by atoms with Gasteiger partial charge in [0.05, 0.1) is 5.92 Å². The van der Waals surface area contributed by atoms with Gasteiger partial charge in [0.2, 0.25) is 0 Å². The first-order chi connectivity index (χ1) is 9.40. The number of aliphatic carboxylic acids is 1. The highest BCUT2D eigenvalue weighted by Crippen LogP contribution is 2.28. The lowest BCUT2D eigenvalue weighted by molar-refractivity contribution is -0.138. The third-order valence-electron chi connectivity index (χ3n) is 3.08. The molecule has 5 heteroatoms. The van der Waals surface area contributed by atoms with Crippen molar-refractivity contribution in [3.63, 3.8) is 0 Å². The molecule has 0 fully saturated rings. The van der Waals surface area contributed by atoms with Crippen molar-refractivity contribution < 1.29 is 23.1 Å². The van der Waals surface area contributed by atoms with E-state index in [0.29, 0.717) is 6.07 Å². The Labute approximate surface area is 113 Å². The Morgan fingerprint density at radius 3 is 2.05 bits per heavy atom. The highest BCUT2D eigenvalue weighted by Gasteiger charge is 2.17. The van der Waals surface area contributed by atoms with Gasteiger partial charge in [0.25, 0.3) is 0 Å². The molecule has 104 valence electrons. The standard InChI is InChI=1S/C15H11F3O2/c1-8(15(19)20)9-2-4-11(13(17)6-9)12-5-3-10(16)7-14(12)18/h2-8H,1H3,(H,19,20). The summed E-state index contributed by atoms with van der Waals surface area (Å²) in [5.41, 5.74) is 0.170. The van der Waals surface area contributed by atoms with Gasteiger partial charge in [0.1, 0.15) is 17.5 Å². The van der Waals surface area contributed by atoms with Crippen LogP contribution >= 0.6 is 0 Å². The van der Waals surface area contributed by atoms with Crippen molar-refractivity contribution in [3.8, 4) is 11.1 Å². The van der Waals surface area contributed by atoms with Crippen LogP contribution in [0.1, 0.15) is 18.4 Å². The molecule has 0 aliphatic carbocycles. The lowest BCUT2D eigenvalue weighted by Crippen LogP contribution is -2.07. The Kier molecular flexibility index (Phi) is 3.79. The first kappa shape index (κ1) is 14.1. The van der Waals surface area contributed by atoms with E-state index in [9.17, 15) is 18.0 Å². The smallest absolute Gasteiger partial charge is 0.310 e. The summed E-state index contributed by atoms with van der Waals surface area (Å²) in [6.07, 6.45) is 0. The molecule has 0 radical (unpaired) electrons. The summed E-state index contributed by atoms with van der Waals surface area (Å²) in [5, 5.41) is 8.86. The molecule has 0 bridgehead atoms. The van der Waals surface area contributed by atoms with Crippen molar-refractivity contribution in [3.05, 3.63) is 59.4 Å². The average Bonchev–Trinajstić information content (AvgIpc) is 2.38. The van der Waals surface area contributed by atoms with Crippen LogP contribution in [-0.4, -0.2) is 11.1 Å². The van der Waals surface area contributed by atoms with Gasteiger partial charge < -0.3 is 5.11 Å². The lowest BCUT2D eigenvalue weighted by Gasteiger charge is -2.10. The van der Waals surface area contributed by atoms with E-state index in [1.807, 2.05) is 0 Å². The van der Waals surface area contributed by atoms with E-state index in [1.165, 1.54) is 19.1 Å². The molecule has 2 nitrogen and oxygen atoms in total. The molecule has 0 aromatic heterocycles. The van der Waals surface area contributed by atoms with E-state index in [2.05, 4.69) is 0 Å². The summed E-state index contributed by atoms with van der Waals surface area (Å²) in [7, 11) is 0. The third-order valence-corrected chi connectivity index (χ3v) is 3.08. The number of halogens is 3. The van der Waals surface area contributed by atoms with Crippen LogP contribution in [0.2, 0.25) is 0 Å². The summed E-state index contributed by atoms with van der Waals surface area (Å²) >= 11 is 0. The minimum Gasteiger partial charge on any atom is -0.481 e. The number of rotatable bonds is 3. The zero-order chi connectivity index (χ0) is 14.9. The summed E-state index contributed by atoms with van der Waals surface area (Å²) in [5.74, 6) is -4.31. The van der Waals surface area contributed by atoms with Crippen LogP contribution in [0.5, 0.6) is 0 Å². The van der Waals surface area contributed by atoms with E-state index in [-0.39, 0.29) is 16.7 Å². The van der Waals surface area contributed by atoms with E-state index in [0.717, 1.165) is 18.2 Å². The molecule has 0 saturated carbocycles. The van der Waals surface area contributed by atoms with Crippen molar-refractivity contribution in [1.82, 2.24) is 0 Å². The molecule has 1 N–H and O–H groups in total. The van der Waals surface area contributed by atoms with Gasteiger partial charge in [0.15, 0.2) is 0 Å². The molecule has 0 spiro atoms. The highest BCUT2D eigenvalue weighted by molar-refractivity contribution is 5.76. The van der Waals surface area contributed by atoms with Gasteiger partial charge in [-0.25, -0.2) is 13.2 Å². The highest BCUT2D eigenvalue weighted by atomic mass is 19.1. The van der Waals surface area contributed by atoms with Gasteiger partial charge in [-0.1, -0.05) is 12.1 Å². The Balaban J connectivity index is 2.47. The predicted molar refractivity (Wildman–Crippen MR) is 67.8 cm³/mol. The second-order valence-electron chi connectivity index (χ2n) is 4.42. The van der Waals surface area contributed by atoms with Crippen LogP contribution in [0.4, 0.5) is 13.2 Å². The first-order valence-electron chi connectivity index (χ1n) is 5.88. The Hall–Kier alpha value is -2.30. The van der Waals surface area contributed by atoms with Crippen molar-refractivity contribution in [1.29, 1.82) is 0 Å². The molecule has 20 heavy (non-hydrogen) atoms. The Morgan fingerprint density at radius 1 is 1.00 bits per heavy atom. The number of hydrogen-bond acceptors (Lipinski definition) is 1. The van der Waals surface area contributed by atoms with Crippen molar-refractivity contribution in [2.45, 2.75) is 12.8 Å². The molecule has 1 atom stereocenters. The van der Waals surface area contributed by atoms with Gasteiger partial charge in [-0.3, -0.25) is 4.79 Å². The topological polar surface area (TPSA) is 37.3 Å². The number of carboxylic acids is 1. The SMILES string of the molecule is CC(C(=O)O)c1ccc(-c2ccc(F)cc2F)c(F)c1. The molecule has 1 unspecified atom stereocenters. The fraction of sp³-hybridized carbons (Fsp3) is 0.133. The maximum Gasteiger partial charge on any atom is 0.310 e. The number of carbonyl (C=O) groups is 1. The maximum atomic E-state index is 14.0. The van der Waals surface area contributed by atoms with Crippen LogP contribution < -0.4 is 0 Å². The fourth-order valence-corrected chi connectivity index (χ4v) is 1.87. The van der Waals surface area contributed by atoms with E-state index in [1.54, 1.807) is 0 Å². The van der Waals surface area contributed by atoms with Gasteiger partial charge >= 0.3 is 5.97 Å². The van der Waals surface area contributed by atoms with Crippen molar-refractivity contribution >= 4 is 5.97 Å². The number of carboxylic acid groups (broad SMARTS) is 1. The summed E-state index contributed by atoms with van der Waals surface area (Å²) < 4.78 is 40.4. The van der Waals surface area contributed by atoms with Crippen LogP contribution in [-0.2, 0) is 4.79 Å². The molecule has 0 aliphatic heterocycles. The van der Waals surface area contributed by atoms with Crippen LogP contribution in [0.15, 0.2) is 36.4 Å².